The molecule has 0 spiro atoms. The Labute approximate surface area is 262 Å². The first-order valence-corrected chi connectivity index (χ1v) is 18.8. The van der Waals surface area contributed by atoms with E-state index in [-0.39, 0.29) is 12.5 Å². The maximum Gasteiger partial charge on any atom is 0.220 e. The highest BCUT2D eigenvalue weighted by atomic mass is 16.3. The van der Waals surface area contributed by atoms with Crippen molar-refractivity contribution in [1.29, 1.82) is 0 Å². The lowest BCUT2D eigenvalue weighted by atomic mass is 9.99. The van der Waals surface area contributed by atoms with E-state index in [1.165, 1.54) is 148 Å². The van der Waals surface area contributed by atoms with Gasteiger partial charge in [-0.15, -0.1) is 0 Å². The van der Waals surface area contributed by atoms with Gasteiger partial charge in [0.1, 0.15) is 6.10 Å². The van der Waals surface area contributed by atoms with Crippen molar-refractivity contribution in [3.05, 3.63) is 0 Å². The number of rotatable bonds is 34. The molecule has 0 saturated heterocycles. The smallest absolute Gasteiger partial charge is 0.220 e. The summed E-state index contributed by atoms with van der Waals surface area (Å²) in [5.74, 6) is -0.143. The third kappa shape index (κ3) is 28.1. The fraction of sp³-hybridized carbons (Fsp3) is 0.973. The van der Waals surface area contributed by atoms with Crippen molar-refractivity contribution in [2.75, 3.05) is 6.61 Å². The van der Waals surface area contributed by atoms with Gasteiger partial charge >= 0.3 is 0 Å². The number of aliphatic hydroxyl groups is 3. The van der Waals surface area contributed by atoms with Crippen LogP contribution in [0.3, 0.4) is 0 Å². The van der Waals surface area contributed by atoms with E-state index in [1.807, 2.05) is 0 Å². The number of hydrogen-bond donors (Lipinski definition) is 4. The highest BCUT2D eigenvalue weighted by Crippen LogP contribution is 2.16. The van der Waals surface area contributed by atoms with Gasteiger partial charge in [0.15, 0.2) is 0 Å². The second-order valence-electron chi connectivity index (χ2n) is 13.1. The first kappa shape index (κ1) is 41.4. The summed E-state index contributed by atoms with van der Waals surface area (Å²) in [5.41, 5.74) is 0. The van der Waals surface area contributed by atoms with Gasteiger partial charge in [0.2, 0.25) is 5.91 Å². The lowest BCUT2D eigenvalue weighted by molar-refractivity contribution is -0.124. The van der Waals surface area contributed by atoms with Crippen molar-refractivity contribution in [2.45, 2.75) is 225 Å². The van der Waals surface area contributed by atoms with E-state index in [1.54, 1.807) is 0 Å². The van der Waals surface area contributed by atoms with Gasteiger partial charge in [-0.3, -0.25) is 4.79 Å². The van der Waals surface area contributed by atoms with E-state index < -0.39 is 18.2 Å². The van der Waals surface area contributed by atoms with Crippen LogP contribution in [0.2, 0.25) is 0 Å². The first-order chi connectivity index (χ1) is 20.6. The average Bonchev–Trinajstić information content (AvgIpc) is 2.99. The largest absolute Gasteiger partial charge is 0.394 e. The molecule has 0 fully saturated rings. The van der Waals surface area contributed by atoms with E-state index in [9.17, 15) is 20.1 Å². The summed E-state index contributed by atoms with van der Waals surface area (Å²) in [7, 11) is 0. The molecule has 0 aromatic rings. The third-order valence-corrected chi connectivity index (χ3v) is 8.96. The van der Waals surface area contributed by atoms with Gasteiger partial charge in [0.25, 0.3) is 0 Å². The fourth-order valence-corrected chi connectivity index (χ4v) is 5.99. The Morgan fingerprint density at radius 2 is 0.810 bits per heavy atom. The molecule has 3 unspecified atom stereocenters. The maximum absolute atomic E-state index is 12.3. The summed E-state index contributed by atoms with van der Waals surface area (Å²) in [6.45, 7) is 4.17. The van der Waals surface area contributed by atoms with Crippen LogP contribution in [0.15, 0.2) is 0 Å². The number of unbranched alkanes of at least 4 members (excludes halogenated alkanes) is 26. The lowest BCUT2D eigenvalue weighted by Crippen LogP contribution is -2.50. The molecule has 1 amide bonds. The Morgan fingerprint density at radius 3 is 1.14 bits per heavy atom. The van der Waals surface area contributed by atoms with Crippen LogP contribution in [0.4, 0.5) is 0 Å². The standard InChI is InChI=1S/C37H75NO4/c1-3-5-7-9-11-13-15-17-18-20-21-23-25-27-29-31-35(40)37(42)34(33-39)38-36(41)32-30-28-26-24-22-19-16-14-12-10-8-6-4-2/h34-35,37,39-40,42H,3-33H2,1-2H3,(H,38,41). The van der Waals surface area contributed by atoms with Crippen LogP contribution in [0.25, 0.3) is 0 Å². The topological polar surface area (TPSA) is 89.8 Å². The van der Waals surface area contributed by atoms with Crippen LogP contribution < -0.4 is 5.32 Å². The second kappa shape index (κ2) is 33.2. The zero-order valence-electron chi connectivity index (χ0n) is 28.4. The molecule has 0 aromatic heterocycles. The van der Waals surface area contributed by atoms with E-state index in [4.69, 9.17) is 0 Å². The Morgan fingerprint density at radius 1 is 0.500 bits per heavy atom. The van der Waals surface area contributed by atoms with Crippen LogP contribution in [0.5, 0.6) is 0 Å². The maximum atomic E-state index is 12.3. The minimum atomic E-state index is -1.13. The van der Waals surface area contributed by atoms with Gasteiger partial charge < -0.3 is 20.6 Å². The van der Waals surface area contributed by atoms with E-state index >= 15 is 0 Å². The van der Waals surface area contributed by atoms with Crippen LogP contribution in [-0.2, 0) is 4.79 Å². The van der Waals surface area contributed by atoms with Gasteiger partial charge in [0.05, 0.1) is 18.8 Å². The van der Waals surface area contributed by atoms with Gasteiger partial charge in [-0.25, -0.2) is 0 Å². The molecule has 4 N–H and O–H groups in total. The molecule has 0 saturated carbocycles. The molecule has 0 aliphatic heterocycles. The molecular formula is C37H75NO4. The summed E-state index contributed by atoms with van der Waals surface area (Å²) < 4.78 is 0. The third-order valence-electron chi connectivity index (χ3n) is 8.96. The molecule has 5 heteroatoms. The van der Waals surface area contributed by atoms with Crippen molar-refractivity contribution >= 4 is 5.91 Å². The van der Waals surface area contributed by atoms with Gasteiger partial charge in [-0.2, -0.15) is 0 Å². The molecule has 5 nitrogen and oxygen atoms in total. The van der Waals surface area contributed by atoms with Crippen molar-refractivity contribution in [3.63, 3.8) is 0 Å². The first-order valence-electron chi connectivity index (χ1n) is 18.8. The van der Waals surface area contributed by atoms with Crippen LogP contribution in [-0.4, -0.2) is 46.1 Å². The molecule has 0 heterocycles. The van der Waals surface area contributed by atoms with Gasteiger partial charge in [-0.05, 0) is 12.8 Å². The quantitative estimate of drug-likeness (QED) is 0.0556. The second-order valence-corrected chi connectivity index (χ2v) is 13.1. The number of hydrogen-bond acceptors (Lipinski definition) is 4. The molecule has 0 aliphatic rings. The highest BCUT2D eigenvalue weighted by molar-refractivity contribution is 5.76. The number of amides is 1. The highest BCUT2D eigenvalue weighted by Gasteiger charge is 2.26. The molecule has 252 valence electrons. The lowest BCUT2D eigenvalue weighted by Gasteiger charge is -2.26. The number of carbonyl (C=O) groups is 1. The Hall–Kier alpha value is -0.650. The van der Waals surface area contributed by atoms with Crippen molar-refractivity contribution < 1.29 is 20.1 Å². The molecule has 0 bridgehead atoms. The normalized spacial score (nSPS) is 13.7. The molecule has 0 radical (unpaired) electrons. The molecular weight excluding hydrogens is 522 g/mol. The SMILES string of the molecule is CCCCCCCCCCCCCCCCCC(O)C(O)C(CO)NC(=O)CCCCCCCCCCCCCCC. The zero-order chi connectivity index (χ0) is 30.9. The van der Waals surface area contributed by atoms with E-state index in [0.29, 0.717) is 12.8 Å². The minimum Gasteiger partial charge on any atom is -0.394 e. The van der Waals surface area contributed by atoms with Crippen LogP contribution in [0.1, 0.15) is 206 Å². The molecule has 0 rings (SSSR count). The number of aliphatic hydroxyl groups excluding tert-OH is 3. The minimum absolute atomic E-state index is 0.143. The van der Waals surface area contributed by atoms with Crippen molar-refractivity contribution in [2.24, 2.45) is 0 Å². The zero-order valence-corrected chi connectivity index (χ0v) is 28.4. The molecule has 42 heavy (non-hydrogen) atoms. The van der Waals surface area contributed by atoms with Crippen molar-refractivity contribution in [1.82, 2.24) is 5.32 Å². The van der Waals surface area contributed by atoms with Crippen LogP contribution >= 0.6 is 0 Å². The van der Waals surface area contributed by atoms with Crippen molar-refractivity contribution in [3.8, 4) is 0 Å². The Bertz CT molecular complexity index is 544. The van der Waals surface area contributed by atoms with E-state index in [0.717, 1.165) is 32.1 Å². The summed E-state index contributed by atoms with van der Waals surface area (Å²) in [6, 6.07) is -0.800. The average molecular weight is 598 g/mol. The molecule has 0 aromatic carbocycles. The summed E-state index contributed by atoms with van der Waals surface area (Å²) in [4.78, 5) is 12.3. The molecule has 3 atom stereocenters. The number of carbonyl (C=O) groups excluding carboxylic acids is 1. The monoisotopic (exact) mass is 598 g/mol. The fourth-order valence-electron chi connectivity index (χ4n) is 5.99. The predicted molar refractivity (Wildman–Crippen MR) is 181 cm³/mol. The van der Waals surface area contributed by atoms with E-state index in [2.05, 4.69) is 19.2 Å². The molecule has 0 aliphatic carbocycles. The summed E-state index contributed by atoms with van der Waals surface area (Å²) >= 11 is 0. The Kier molecular flexibility index (Phi) is 32.7. The summed E-state index contributed by atoms with van der Waals surface area (Å²) in [5, 5.41) is 33.4. The van der Waals surface area contributed by atoms with Crippen LogP contribution in [0, 0.1) is 0 Å². The number of nitrogens with one attached hydrogen (secondary N) is 1. The Balaban J connectivity index is 3.65. The predicted octanol–water partition coefficient (Wildman–Crippen LogP) is 9.93. The van der Waals surface area contributed by atoms with Gasteiger partial charge in [-0.1, -0.05) is 187 Å². The summed E-state index contributed by atoms with van der Waals surface area (Å²) in [6.07, 6.45) is 34.7. The van der Waals surface area contributed by atoms with Gasteiger partial charge in [0, 0.05) is 6.42 Å².